The third-order valence-corrected chi connectivity index (χ3v) is 3.09. The van der Waals surface area contributed by atoms with Crippen LogP contribution in [0, 0.1) is 12.7 Å². The lowest BCUT2D eigenvalue weighted by molar-refractivity contribution is -0.0502. The highest BCUT2D eigenvalue weighted by Gasteiger charge is 2.20. The van der Waals surface area contributed by atoms with E-state index in [4.69, 9.17) is 0 Å². The molecule has 0 fully saturated rings. The molecular formula is C16H13F3O3. The van der Waals surface area contributed by atoms with Crippen LogP contribution < -0.4 is 4.74 Å². The summed E-state index contributed by atoms with van der Waals surface area (Å²) in [5, 5.41) is 10.0. The van der Waals surface area contributed by atoms with Crippen LogP contribution in [0.15, 0.2) is 42.5 Å². The summed E-state index contributed by atoms with van der Waals surface area (Å²) in [7, 11) is 0. The van der Waals surface area contributed by atoms with Crippen LogP contribution in [0.4, 0.5) is 13.2 Å². The first-order chi connectivity index (χ1) is 10.4. The minimum atomic E-state index is -2.96. The predicted molar refractivity (Wildman–Crippen MR) is 73.5 cm³/mol. The standard InChI is InChI=1S/C16H13F3O3/c1-9-7-11(5-6-13(9)22-16(18)19)15(21)14(20)10-3-2-4-12(17)8-10/h2-8,14,16,20H,1H3. The van der Waals surface area contributed by atoms with Gasteiger partial charge in [0, 0.05) is 5.56 Å². The normalized spacial score (nSPS) is 12.3. The Hall–Kier alpha value is -2.34. The van der Waals surface area contributed by atoms with Gasteiger partial charge >= 0.3 is 6.61 Å². The van der Waals surface area contributed by atoms with Gasteiger partial charge in [-0.25, -0.2) is 4.39 Å². The zero-order chi connectivity index (χ0) is 16.3. The third kappa shape index (κ3) is 3.65. The quantitative estimate of drug-likeness (QED) is 0.858. The monoisotopic (exact) mass is 310 g/mol. The number of hydrogen-bond donors (Lipinski definition) is 1. The van der Waals surface area contributed by atoms with Crippen LogP contribution in [0.2, 0.25) is 0 Å². The number of halogens is 3. The van der Waals surface area contributed by atoms with E-state index in [1.807, 2.05) is 0 Å². The SMILES string of the molecule is Cc1cc(C(=O)C(O)c2cccc(F)c2)ccc1OC(F)F. The summed E-state index contributed by atoms with van der Waals surface area (Å²) in [6, 6.07) is 8.90. The minimum Gasteiger partial charge on any atom is -0.435 e. The molecule has 6 heteroatoms. The van der Waals surface area contributed by atoms with E-state index in [-0.39, 0.29) is 16.9 Å². The molecular weight excluding hydrogens is 297 g/mol. The van der Waals surface area contributed by atoms with Crippen molar-refractivity contribution in [2.45, 2.75) is 19.6 Å². The van der Waals surface area contributed by atoms with Gasteiger partial charge in [0.1, 0.15) is 17.7 Å². The number of rotatable bonds is 5. The molecule has 1 unspecified atom stereocenters. The fraction of sp³-hybridized carbons (Fsp3) is 0.188. The second-order valence-corrected chi connectivity index (χ2v) is 4.68. The summed E-state index contributed by atoms with van der Waals surface area (Å²) in [4.78, 5) is 12.2. The molecule has 22 heavy (non-hydrogen) atoms. The molecule has 0 saturated heterocycles. The maximum absolute atomic E-state index is 13.1. The van der Waals surface area contributed by atoms with Crippen molar-refractivity contribution >= 4 is 5.78 Å². The number of aliphatic hydroxyl groups is 1. The fourth-order valence-electron chi connectivity index (χ4n) is 2.02. The number of aliphatic hydroxyl groups excluding tert-OH is 1. The Morgan fingerprint density at radius 2 is 1.91 bits per heavy atom. The number of hydrogen-bond acceptors (Lipinski definition) is 3. The number of carbonyl (C=O) groups excluding carboxylic acids is 1. The number of ether oxygens (including phenoxy) is 1. The Morgan fingerprint density at radius 1 is 1.18 bits per heavy atom. The Labute approximate surface area is 125 Å². The van der Waals surface area contributed by atoms with Crippen LogP contribution in [0.5, 0.6) is 5.75 Å². The number of ketones is 1. The van der Waals surface area contributed by atoms with Gasteiger partial charge in [-0.3, -0.25) is 4.79 Å². The topological polar surface area (TPSA) is 46.5 Å². The summed E-state index contributed by atoms with van der Waals surface area (Å²) >= 11 is 0. The van der Waals surface area contributed by atoms with Crippen molar-refractivity contribution in [3.05, 3.63) is 65.0 Å². The lowest BCUT2D eigenvalue weighted by Crippen LogP contribution is -2.13. The van der Waals surface area contributed by atoms with Gasteiger partial charge in [0.05, 0.1) is 0 Å². The first-order valence-corrected chi connectivity index (χ1v) is 6.41. The van der Waals surface area contributed by atoms with Crippen molar-refractivity contribution in [3.63, 3.8) is 0 Å². The first-order valence-electron chi connectivity index (χ1n) is 6.41. The molecule has 0 aliphatic carbocycles. The highest BCUT2D eigenvalue weighted by molar-refractivity contribution is 6.00. The molecule has 0 amide bonds. The number of benzene rings is 2. The highest BCUT2D eigenvalue weighted by Crippen LogP contribution is 2.25. The summed E-state index contributed by atoms with van der Waals surface area (Å²) in [5.41, 5.74) is 0.573. The van der Waals surface area contributed by atoms with Crippen LogP contribution in [0.3, 0.4) is 0 Å². The van der Waals surface area contributed by atoms with Gasteiger partial charge < -0.3 is 9.84 Å². The van der Waals surface area contributed by atoms with Crippen molar-refractivity contribution < 1.29 is 27.8 Å². The van der Waals surface area contributed by atoms with Crippen molar-refractivity contribution in [2.75, 3.05) is 0 Å². The average Bonchev–Trinajstić information content (AvgIpc) is 2.47. The lowest BCUT2D eigenvalue weighted by Gasteiger charge is -2.12. The molecule has 1 N–H and O–H groups in total. The van der Waals surface area contributed by atoms with E-state index < -0.39 is 24.3 Å². The molecule has 0 aliphatic rings. The predicted octanol–water partition coefficient (Wildman–Crippen LogP) is 3.65. The second kappa shape index (κ2) is 6.62. The first kappa shape index (κ1) is 16.0. The van der Waals surface area contributed by atoms with Gasteiger partial charge in [-0.05, 0) is 48.4 Å². The maximum atomic E-state index is 13.1. The molecule has 1 atom stereocenters. The molecule has 2 aromatic rings. The molecule has 0 radical (unpaired) electrons. The van der Waals surface area contributed by atoms with Gasteiger partial charge in [0.15, 0.2) is 5.78 Å². The number of aryl methyl sites for hydroxylation is 1. The highest BCUT2D eigenvalue weighted by atomic mass is 19.3. The van der Waals surface area contributed by atoms with Crippen LogP contribution in [-0.4, -0.2) is 17.5 Å². The fourth-order valence-corrected chi connectivity index (χ4v) is 2.02. The van der Waals surface area contributed by atoms with E-state index in [0.29, 0.717) is 5.56 Å². The number of Topliss-reactive ketones (excluding diaryl/α,β-unsaturated/α-hetero) is 1. The zero-order valence-corrected chi connectivity index (χ0v) is 11.6. The van der Waals surface area contributed by atoms with Crippen molar-refractivity contribution in [2.24, 2.45) is 0 Å². The smallest absolute Gasteiger partial charge is 0.387 e. The molecule has 0 aliphatic heterocycles. The lowest BCUT2D eigenvalue weighted by atomic mass is 9.98. The summed E-state index contributed by atoms with van der Waals surface area (Å²) in [5.74, 6) is -1.27. The molecule has 0 bridgehead atoms. The summed E-state index contributed by atoms with van der Waals surface area (Å²) in [6.45, 7) is -1.46. The van der Waals surface area contributed by atoms with Crippen LogP contribution in [0.1, 0.15) is 27.6 Å². The van der Waals surface area contributed by atoms with E-state index in [2.05, 4.69) is 4.74 Å². The van der Waals surface area contributed by atoms with Gasteiger partial charge in [-0.2, -0.15) is 8.78 Å². The van der Waals surface area contributed by atoms with E-state index in [1.165, 1.54) is 43.3 Å². The molecule has 0 saturated carbocycles. The number of carbonyl (C=O) groups is 1. The maximum Gasteiger partial charge on any atom is 0.387 e. The third-order valence-electron chi connectivity index (χ3n) is 3.09. The van der Waals surface area contributed by atoms with E-state index in [1.54, 1.807) is 0 Å². The zero-order valence-electron chi connectivity index (χ0n) is 11.6. The molecule has 3 nitrogen and oxygen atoms in total. The number of alkyl halides is 2. The van der Waals surface area contributed by atoms with Crippen molar-refractivity contribution in [1.29, 1.82) is 0 Å². The average molecular weight is 310 g/mol. The second-order valence-electron chi connectivity index (χ2n) is 4.68. The van der Waals surface area contributed by atoms with Crippen LogP contribution >= 0.6 is 0 Å². The van der Waals surface area contributed by atoms with E-state index >= 15 is 0 Å². The largest absolute Gasteiger partial charge is 0.435 e. The molecule has 0 spiro atoms. The van der Waals surface area contributed by atoms with Gasteiger partial charge in [-0.15, -0.1) is 0 Å². The minimum absolute atomic E-state index is 0.0493. The van der Waals surface area contributed by atoms with Crippen molar-refractivity contribution in [1.82, 2.24) is 0 Å². The van der Waals surface area contributed by atoms with E-state index in [9.17, 15) is 23.1 Å². The summed E-state index contributed by atoms with van der Waals surface area (Å²) < 4.78 is 41.8. The van der Waals surface area contributed by atoms with E-state index in [0.717, 1.165) is 6.07 Å². The van der Waals surface area contributed by atoms with Gasteiger partial charge in [-0.1, -0.05) is 12.1 Å². The Balaban J connectivity index is 2.24. The van der Waals surface area contributed by atoms with Gasteiger partial charge in [0.2, 0.25) is 0 Å². The molecule has 2 aromatic carbocycles. The molecule has 0 heterocycles. The van der Waals surface area contributed by atoms with Crippen LogP contribution in [0.25, 0.3) is 0 Å². The molecule has 116 valence electrons. The Morgan fingerprint density at radius 3 is 2.50 bits per heavy atom. The van der Waals surface area contributed by atoms with Gasteiger partial charge in [0.25, 0.3) is 0 Å². The molecule has 0 aromatic heterocycles. The van der Waals surface area contributed by atoms with Crippen LogP contribution in [-0.2, 0) is 0 Å². The summed E-state index contributed by atoms with van der Waals surface area (Å²) in [6.07, 6.45) is -1.53. The Bertz CT molecular complexity index is 686. The van der Waals surface area contributed by atoms with Crippen molar-refractivity contribution in [3.8, 4) is 5.75 Å². The molecule has 2 rings (SSSR count). The Kier molecular flexibility index (Phi) is 4.82.